The number of carbonyl (C=O) groups excluding carboxylic acids is 2. The fraction of sp³-hybridized carbons (Fsp3) is 0.469. The van der Waals surface area contributed by atoms with Crippen LogP contribution in [-0.4, -0.2) is 113 Å². The summed E-state index contributed by atoms with van der Waals surface area (Å²) in [7, 11) is 0.659. The van der Waals surface area contributed by atoms with Crippen LogP contribution in [0.3, 0.4) is 0 Å². The standard InChI is InChI=1S/C32H37F3N2O12/c1-3-4-14-47-21-12-10-19(11-13-21)18-48-30(29(44)45)15-22(39)25(37-24(41)17-38)27(49-30)26(42)23(40)16-36-28(43)31(46-2,32(33,34)35)20-8-6-5-7-9-20/h1,5-13,22-23,25-27,38-40,42H,4,14-18H2,2H3,(H,36,43)(H,37,41)(H,44,45)/t22-,23+,25+,26+,27+,30+,31?/m0/s1. The van der Waals surface area contributed by atoms with Crippen LogP contribution in [0.2, 0.25) is 0 Å². The molecule has 2 aromatic carbocycles. The molecule has 0 aliphatic carbocycles. The Morgan fingerprint density at radius 1 is 1.12 bits per heavy atom. The number of amides is 2. The lowest BCUT2D eigenvalue weighted by Crippen LogP contribution is -2.68. The van der Waals surface area contributed by atoms with Gasteiger partial charge in [0.1, 0.15) is 24.6 Å². The van der Waals surface area contributed by atoms with Crippen molar-refractivity contribution in [1.29, 1.82) is 0 Å². The lowest BCUT2D eigenvalue weighted by molar-refractivity contribution is -0.314. The molecule has 2 amide bonds. The van der Waals surface area contributed by atoms with E-state index in [0.717, 1.165) is 12.1 Å². The van der Waals surface area contributed by atoms with Crippen LogP contribution >= 0.6 is 0 Å². The summed E-state index contributed by atoms with van der Waals surface area (Å²) in [4.78, 5) is 37.6. The molecule has 3 rings (SSSR count). The molecule has 17 heteroatoms. The van der Waals surface area contributed by atoms with Crippen molar-refractivity contribution in [2.45, 2.75) is 67.5 Å². The summed E-state index contributed by atoms with van der Waals surface area (Å²) < 4.78 is 64.2. The van der Waals surface area contributed by atoms with Crippen molar-refractivity contribution in [3.63, 3.8) is 0 Å². The molecule has 2 aromatic rings. The van der Waals surface area contributed by atoms with Gasteiger partial charge in [0.15, 0.2) is 0 Å². The van der Waals surface area contributed by atoms with E-state index < -0.39 is 97.5 Å². The summed E-state index contributed by atoms with van der Waals surface area (Å²) in [6, 6.07) is 10.4. The average Bonchev–Trinajstić information content (AvgIpc) is 3.07. The first-order valence-corrected chi connectivity index (χ1v) is 14.8. The van der Waals surface area contributed by atoms with Crippen LogP contribution in [0.1, 0.15) is 24.0 Å². The maximum Gasteiger partial charge on any atom is 0.430 e. The number of carboxylic acids is 1. The van der Waals surface area contributed by atoms with Crippen LogP contribution in [-0.2, 0) is 40.8 Å². The molecule has 0 bridgehead atoms. The Bertz CT molecular complexity index is 1460. The van der Waals surface area contributed by atoms with Gasteiger partial charge >= 0.3 is 12.1 Å². The van der Waals surface area contributed by atoms with Gasteiger partial charge in [-0.05, 0) is 17.7 Å². The lowest BCUT2D eigenvalue weighted by atomic mass is 9.88. The maximum atomic E-state index is 14.3. The van der Waals surface area contributed by atoms with E-state index in [2.05, 4.69) is 16.0 Å². The third-order valence-corrected chi connectivity index (χ3v) is 7.69. The van der Waals surface area contributed by atoms with E-state index in [1.165, 1.54) is 18.2 Å². The Kier molecular flexibility index (Phi) is 13.5. The van der Waals surface area contributed by atoms with Crippen LogP contribution in [0.4, 0.5) is 13.2 Å². The van der Waals surface area contributed by atoms with Crippen LogP contribution in [0, 0.1) is 12.3 Å². The number of hydrogen-bond donors (Lipinski definition) is 7. The number of aliphatic carboxylic acids is 1. The second-order valence-corrected chi connectivity index (χ2v) is 10.9. The topological polar surface area (TPSA) is 213 Å². The van der Waals surface area contributed by atoms with E-state index in [-0.39, 0.29) is 6.61 Å². The second kappa shape index (κ2) is 16.9. The SMILES string of the molecule is C#CCCOc1ccc(CO[C@]2(C(=O)O)C[C@H](O)[C@@H](NC(=O)CO)[C@H]([C@H](O)[C@H](O)CNC(=O)C(OC)(c3ccccc3)C(F)(F)F)O2)cc1. The van der Waals surface area contributed by atoms with Crippen LogP contribution < -0.4 is 15.4 Å². The number of benzene rings is 2. The fourth-order valence-corrected chi connectivity index (χ4v) is 5.14. The number of carbonyl (C=O) groups is 3. The Hall–Kier alpha value is -4.28. The van der Waals surface area contributed by atoms with Crippen molar-refractivity contribution in [3.8, 4) is 18.1 Å². The highest BCUT2D eigenvalue weighted by Gasteiger charge is 2.63. The molecule has 0 saturated carbocycles. The van der Waals surface area contributed by atoms with Crippen LogP contribution in [0.5, 0.6) is 5.75 Å². The van der Waals surface area contributed by atoms with Crippen molar-refractivity contribution in [3.05, 3.63) is 65.7 Å². The molecule has 0 spiro atoms. The summed E-state index contributed by atoms with van der Waals surface area (Å²) in [5.41, 5.74) is -3.69. The van der Waals surface area contributed by atoms with E-state index in [0.29, 0.717) is 24.8 Å². The zero-order valence-electron chi connectivity index (χ0n) is 26.1. The summed E-state index contributed by atoms with van der Waals surface area (Å²) in [6.45, 7) is -2.32. The number of terminal acetylenes is 1. The van der Waals surface area contributed by atoms with Gasteiger partial charge in [-0.2, -0.15) is 13.2 Å². The highest BCUT2D eigenvalue weighted by atomic mass is 19.4. The predicted octanol–water partition coefficient (Wildman–Crippen LogP) is -0.0447. The molecule has 1 heterocycles. The highest BCUT2D eigenvalue weighted by Crippen LogP contribution is 2.42. The summed E-state index contributed by atoms with van der Waals surface area (Å²) in [5, 5.41) is 56.3. The third-order valence-electron chi connectivity index (χ3n) is 7.69. The number of carboxylic acid groups (broad SMARTS) is 1. The zero-order valence-corrected chi connectivity index (χ0v) is 26.1. The highest BCUT2D eigenvalue weighted by molar-refractivity contribution is 5.87. The van der Waals surface area contributed by atoms with Crippen LogP contribution in [0.25, 0.3) is 0 Å². The molecule has 1 saturated heterocycles. The number of halogens is 3. The number of hydrogen-bond acceptors (Lipinski definition) is 11. The van der Waals surface area contributed by atoms with Crippen LogP contribution in [0.15, 0.2) is 54.6 Å². The van der Waals surface area contributed by atoms with Crippen molar-refractivity contribution in [2.24, 2.45) is 0 Å². The molecule has 268 valence electrons. The minimum Gasteiger partial charge on any atom is -0.493 e. The molecule has 14 nitrogen and oxygen atoms in total. The molecule has 7 N–H and O–H groups in total. The molecule has 1 unspecified atom stereocenters. The predicted molar refractivity (Wildman–Crippen MR) is 161 cm³/mol. The number of aliphatic hydroxyl groups is 4. The second-order valence-electron chi connectivity index (χ2n) is 10.9. The smallest absolute Gasteiger partial charge is 0.430 e. The molecule has 49 heavy (non-hydrogen) atoms. The Labute approximate surface area is 278 Å². The molecular weight excluding hydrogens is 661 g/mol. The van der Waals surface area contributed by atoms with E-state index in [9.17, 15) is 53.1 Å². The normalized spacial score (nSPS) is 23.3. The van der Waals surface area contributed by atoms with Crippen molar-refractivity contribution < 1.29 is 72.0 Å². The number of alkyl halides is 3. The average molecular weight is 699 g/mol. The van der Waals surface area contributed by atoms with Gasteiger partial charge in [0.2, 0.25) is 5.91 Å². The van der Waals surface area contributed by atoms with Gasteiger partial charge in [0.05, 0.1) is 31.5 Å². The monoisotopic (exact) mass is 698 g/mol. The third kappa shape index (κ3) is 9.05. The van der Waals surface area contributed by atoms with E-state index in [4.69, 9.17) is 20.6 Å². The van der Waals surface area contributed by atoms with Gasteiger partial charge in [-0.15, -0.1) is 12.3 Å². The minimum absolute atomic E-state index is 0.260. The van der Waals surface area contributed by atoms with Gasteiger partial charge in [-0.25, -0.2) is 4.79 Å². The molecular formula is C32H37F3N2O12. The van der Waals surface area contributed by atoms with Gasteiger partial charge in [0.25, 0.3) is 17.3 Å². The molecule has 7 atom stereocenters. The van der Waals surface area contributed by atoms with Gasteiger partial charge in [-0.1, -0.05) is 42.5 Å². The lowest BCUT2D eigenvalue weighted by Gasteiger charge is -2.46. The first-order valence-electron chi connectivity index (χ1n) is 14.8. The Morgan fingerprint density at radius 3 is 2.33 bits per heavy atom. The minimum atomic E-state index is -5.29. The van der Waals surface area contributed by atoms with Crippen molar-refractivity contribution in [2.75, 3.05) is 26.9 Å². The molecule has 0 radical (unpaired) electrons. The largest absolute Gasteiger partial charge is 0.493 e. The van der Waals surface area contributed by atoms with Gasteiger partial charge in [0, 0.05) is 32.1 Å². The van der Waals surface area contributed by atoms with E-state index >= 15 is 0 Å². The quantitative estimate of drug-likeness (QED) is 0.0909. The number of methoxy groups -OCH3 is 1. The molecule has 1 aliphatic rings. The summed E-state index contributed by atoms with van der Waals surface area (Å²) in [6.07, 6.45) is -8.85. The summed E-state index contributed by atoms with van der Waals surface area (Å²) in [5.74, 6) is -4.42. The summed E-state index contributed by atoms with van der Waals surface area (Å²) >= 11 is 0. The molecule has 0 aromatic heterocycles. The fourth-order valence-electron chi connectivity index (χ4n) is 5.14. The number of ether oxygens (including phenoxy) is 4. The molecule has 1 aliphatic heterocycles. The molecule has 1 fully saturated rings. The van der Waals surface area contributed by atoms with E-state index in [1.54, 1.807) is 24.3 Å². The van der Waals surface area contributed by atoms with Crippen molar-refractivity contribution in [1.82, 2.24) is 10.6 Å². The maximum absolute atomic E-state index is 14.3. The van der Waals surface area contributed by atoms with E-state index in [1.807, 2.05) is 5.32 Å². The number of aliphatic hydroxyl groups excluding tert-OH is 4. The Balaban J connectivity index is 1.84. The first-order chi connectivity index (χ1) is 23.2. The first kappa shape index (κ1) is 39.2. The van der Waals surface area contributed by atoms with Gasteiger partial charge < -0.3 is 55.1 Å². The Morgan fingerprint density at radius 2 is 1.78 bits per heavy atom. The van der Waals surface area contributed by atoms with Gasteiger partial charge in [-0.3, -0.25) is 9.59 Å². The van der Waals surface area contributed by atoms with Crippen molar-refractivity contribution >= 4 is 17.8 Å². The number of nitrogens with one attached hydrogen (secondary N) is 2. The zero-order chi connectivity index (χ0) is 36.4. The number of rotatable bonds is 16.